The molecule has 57 heavy (non-hydrogen) atoms. The molecule has 0 amide bonds. The molecule has 1 aliphatic heterocycles. The number of phenolic OH excluding ortho intramolecular Hbond substituents is 12. The highest BCUT2D eigenvalue weighted by molar-refractivity contribution is 6.08. The Kier molecular flexibility index (Phi) is 10.5. The zero-order valence-corrected chi connectivity index (χ0v) is 27.9. The maximum Gasteiger partial charge on any atom is 0.349 e. The fraction of sp³-hybridized carbons (Fsp3) is 0.147. The van der Waals surface area contributed by atoms with Gasteiger partial charge in [0, 0.05) is 11.1 Å². The molecule has 4 atom stereocenters. The number of benzene rings is 4. The van der Waals surface area contributed by atoms with Gasteiger partial charge in [0.2, 0.25) is 17.6 Å². The van der Waals surface area contributed by atoms with Crippen molar-refractivity contribution < 1.29 is 114 Å². The van der Waals surface area contributed by atoms with Crippen molar-refractivity contribution in [2.45, 2.75) is 24.4 Å². The van der Waals surface area contributed by atoms with Gasteiger partial charge in [-0.05, 0) is 36.4 Å². The Morgan fingerprint density at radius 3 is 1.37 bits per heavy atom. The lowest BCUT2D eigenvalue weighted by Gasteiger charge is -2.33. The second-order valence-electron chi connectivity index (χ2n) is 11.8. The number of cyclic esters (lactones) is 2. The Bertz CT molecular complexity index is 2320. The van der Waals surface area contributed by atoms with E-state index in [2.05, 4.69) is 0 Å². The molecule has 23 heteroatoms. The molecule has 0 aliphatic carbocycles. The molecule has 0 saturated heterocycles. The van der Waals surface area contributed by atoms with Crippen LogP contribution in [0.25, 0.3) is 11.1 Å². The van der Waals surface area contributed by atoms with Crippen molar-refractivity contribution in [1.82, 2.24) is 0 Å². The minimum absolute atomic E-state index is 0.341. The molecule has 4 aromatic rings. The lowest BCUT2D eigenvalue weighted by molar-refractivity contribution is -0.166. The number of carboxylic acid groups (broad SMARTS) is 1. The Morgan fingerprint density at radius 1 is 0.561 bits per heavy atom. The highest BCUT2D eigenvalue weighted by atomic mass is 16.6. The summed E-state index contributed by atoms with van der Waals surface area (Å²) in [4.78, 5) is 66.7. The molecule has 4 aromatic carbocycles. The van der Waals surface area contributed by atoms with Crippen LogP contribution in [-0.4, -0.2) is 132 Å². The number of carboxylic acids is 1. The average Bonchev–Trinajstić information content (AvgIpc) is 3.16. The summed E-state index contributed by atoms with van der Waals surface area (Å²) in [7, 11) is 0. The molecule has 0 fully saturated rings. The molecule has 300 valence electrons. The maximum absolute atomic E-state index is 14.0. The Morgan fingerprint density at radius 2 is 0.947 bits per heavy atom. The van der Waals surface area contributed by atoms with Crippen LogP contribution in [0.2, 0.25) is 0 Å². The zero-order valence-electron chi connectivity index (χ0n) is 27.9. The van der Waals surface area contributed by atoms with Gasteiger partial charge in [-0.25, -0.2) is 24.0 Å². The van der Waals surface area contributed by atoms with Crippen molar-refractivity contribution in [2.24, 2.45) is 0 Å². The summed E-state index contributed by atoms with van der Waals surface area (Å²) in [6.07, 6.45) is -11.2. The summed E-state index contributed by atoms with van der Waals surface area (Å²) >= 11 is 0. The van der Waals surface area contributed by atoms with Gasteiger partial charge < -0.3 is 90.4 Å². The number of hydrogen-bond donors (Lipinski definition) is 14. The van der Waals surface area contributed by atoms with Gasteiger partial charge in [-0.15, -0.1) is 0 Å². The second kappa shape index (κ2) is 14.9. The summed E-state index contributed by atoms with van der Waals surface area (Å²) in [6.45, 7) is -1.41. The molecule has 0 aromatic heterocycles. The number of phenols is 12. The summed E-state index contributed by atoms with van der Waals surface area (Å²) in [5.41, 5.74) is -6.12. The number of aliphatic carboxylic acids is 1. The Labute approximate surface area is 314 Å². The van der Waals surface area contributed by atoms with Crippen molar-refractivity contribution in [3.05, 3.63) is 58.7 Å². The van der Waals surface area contributed by atoms with E-state index in [0.717, 1.165) is 0 Å². The predicted octanol–water partition coefficient (Wildman–Crippen LogP) is 0.413. The molecule has 14 N–H and O–H groups in total. The van der Waals surface area contributed by atoms with Crippen LogP contribution in [0.3, 0.4) is 0 Å². The van der Waals surface area contributed by atoms with E-state index in [0.29, 0.717) is 36.4 Å². The second-order valence-corrected chi connectivity index (χ2v) is 11.8. The number of esters is 4. The molecule has 4 unspecified atom stereocenters. The largest absolute Gasteiger partial charge is 0.504 e. The smallest absolute Gasteiger partial charge is 0.349 e. The van der Waals surface area contributed by atoms with E-state index in [9.17, 15) is 95.5 Å². The van der Waals surface area contributed by atoms with Crippen molar-refractivity contribution in [2.75, 3.05) is 6.61 Å². The first-order valence-corrected chi connectivity index (χ1v) is 15.4. The highest BCUT2D eigenvalue weighted by Crippen LogP contribution is 2.53. The molecule has 0 spiro atoms. The van der Waals surface area contributed by atoms with E-state index in [-0.39, 0.29) is 0 Å². The van der Waals surface area contributed by atoms with Gasteiger partial charge in [-0.3, -0.25) is 0 Å². The average molecular weight is 803 g/mol. The molecule has 0 radical (unpaired) electrons. The van der Waals surface area contributed by atoms with Crippen LogP contribution in [0.5, 0.6) is 69.0 Å². The van der Waals surface area contributed by atoms with Crippen LogP contribution >= 0.6 is 0 Å². The minimum atomic E-state index is -2.97. The SMILES string of the molecule is O=C(OC(C(=O)O)C(OC(=O)c1cc(O)c(O)c(O)c1)C1OC(=O)c2cc(O)c(O)c(O)c2-c2c(cc(O)c(O)c2O)C(=O)OCC1O)c1cc(O)c(O)c(O)c1. The van der Waals surface area contributed by atoms with Crippen LogP contribution in [0.1, 0.15) is 41.4 Å². The number of carbonyl (C=O) groups excluding carboxylic acids is 4. The summed E-state index contributed by atoms with van der Waals surface area (Å²) < 4.78 is 20.5. The van der Waals surface area contributed by atoms with Crippen LogP contribution < -0.4 is 0 Å². The third kappa shape index (κ3) is 7.35. The molecular formula is C34H26O23. The van der Waals surface area contributed by atoms with Crippen LogP contribution in [-0.2, 0) is 23.7 Å². The standard InChI is InChI=1S/C34H26O23/c35-12-1-8(2-13(36)21(12)42)31(50)56-28(29(30(48)49)57-32(51)9-3-14(37)22(43)15(38)4-9)27-18(41)7-54-33(52)10-5-16(39)23(44)25(46)19(10)20-11(34(53)55-27)6-17(40)24(45)26(20)47/h1-6,18,27-29,35-47H,7H2,(H,48,49). The number of hydrogen-bond acceptors (Lipinski definition) is 22. The number of aliphatic hydroxyl groups is 1. The monoisotopic (exact) mass is 802 g/mol. The van der Waals surface area contributed by atoms with E-state index in [1.807, 2.05) is 0 Å². The van der Waals surface area contributed by atoms with E-state index in [1.165, 1.54) is 0 Å². The number of carbonyl (C=O) groups is 5. The minimum Gasteiger partial charge on any atom is -0.504 e. The van der Waals surface area contributed by atoms with E-state index >= 15 is 0 Å². The predicted molar refractivity (Wildman–Crippen MR) is 176 cm³/mol. The normalized spacial score (nSPS) is 16.4. The van der Waals surface area contributed by atoms with Crippen LogP contribution in [0, 0.1) is 0 Å². The van der Waals surface area contributed by atoms with Gasteiger partial charge in [0.05, 0.1) is 22.3 Å². The van der Waals surface area contributed by atoms with Gasteiger partial charge in [0.25, 0.3) is 0 Å². The molecule has 1 heterocycles. The molecule has 5 rings (SSSR count). The molecule has 0 saturated carbocycles. The Balaban J connectivity index is 1.72. The molecule has 23 nitrogen and oxygen atoms in total. The molecule has 0 bridgehead atoms. The van der Waals surface area contributed by atoms with E-state index in [1.54, 1.807) is 0 Å². The summed E-state index contributed by atoms with van der Waals surface area (Å²) in [5, 5.41) is 143. The van der Waals surface area contributed by atoms with Crippen LogP contribution in [0.15, 0.2) is 36.4 Å². The maximum atomic E-state index is 14.0. The van der Waals surface area contributed by atoms with Gasteiger partial charge in [0.1, 0.15) is 12.7 Å². The number of fused-ring (bicyclic) bond motifs is 3. The first-order valence-electron chi connectivity index (χ1n) is 15.4. The molecular weight excluding hydrogens is 776 g/mol. The first kappa shape index (κ1) is 40.0. The number of aliphatic hydroxyl groups excluding tert-OH is 1. The third-order valence-electron chi connectivity index (χ3n) is 8.16. The first-order chi connectivity index (χ1) is 26.6. The summed E-state index contributed by atoms with van der Waals surface area (Å²) in [6, 6.07) is 2.70. The molecule has 1 aliphatic rings. The van der Waals surface area contributed by atoms with E-state index in [4.69, 9.17) is 18.9 Å². The van der Waals surface area contributed by atoms with Gasteiger partial charge in [0.15, 0.2) is 69.7 Å². The number of ether oxygens (including phenoxy) is 4. The third-order valence-corrected chi connectivity index (χ3v) is 8.16. The lowest BCUT2D eigenvalue weighted by Crippen LogP contribution is -2.54. The Hall–Kier alpha value is -8.21. The van der Waals surface area contributed by atoms with Crippen LogP contribution in [0.4, 0.5) is 0 Å². The van der Waals surface area contributed by atoms with Crippen molar-refractivity contribution in [3.8, 4) is 80.1 Å². The van der Waals surface area contributed by atoms with E-state index < -0.39 is 163 Å². The van der Waals surface area contributed by atoms with Gasteiger partial charge >= 0.3 is 29.8 Å². The van der Waals surface area contributed by atoms with Crippen molar-refractivity contribution in [1.29, 1.82) is 0 Å². The van der Waals surface area contributed by atoms with Gasteiger partial charge in [-0.2, -0.15) is 0 Å². The van der Waals surface area contributed by atoms with Crippen molar-refractivity contribution in [3.63, 3.8) is 0 Å². The quantitative estimate of drug-likeness (QED) is 0.0683. The zero-order chi connectivity index (χ0) is 42.4. The fourth-order valence-electron chi connectivity index (χ4n) is 5.38. The number of rotatable bonds is 7. The fourth-order valence-corrected chi connectivity index (χ4v) is 5.38. The number of aromatic hydroxyl groups is 12. The van der Waals surface area contributed by atoms with Gasteiger partial charge in [-0.1, -0.05) is 0 Å². The highest BCUT2D eigenvalue weighted by Gasteiger charge is 2.48. The van der Waals surface area contributed by atoms with Crippen molar-refractivity contribution >= 4 is 29.8 Å². The lowest BCUT2D eigenvalue weighted by atomic mass is 9.92. The summed E-state index contributed by atoms with van der Waals surface area (Å²) in [5.74, 6) is -24.4. The topological polar surface area (TPSA) is 405 Å².